The highest BCUT2D eigenvalue weighted by Gasteiger charge is 2.52. The first kappa shape index (κ1) is 27.7. The minimum Gasteiger partial charge on any atom is -0.382 e. The van der Waals surface area contributed by atoms with Crippen LogP contribution in [0.2, 0.25) is 0 Å². The summed E-state index contributed by atoms with van der Waals surface area (Å²) in [6, 6.07) is 0. The molecule has 2 aromatic rings. The quantitative estimate of drug-likeness (QED) is 0.329. The Labute approximate surface area is 203 Å². The summed E-state index contributed by atoms with van der Waals surface area (Å²) in [6.07, 6.45) is -1.57. The molecule has 14 heteroatoms. The fraction of sp³-hybridized carbons (Fsp3) is 0.762. The van der Waals surface area contributed by atoms with Crippen molar-refractivity contribution in [3.05, 3.63) is 16.7 Å². The number of phosphoric ester groups is 1. The lowest BCUT2D eigenvalue weighted by Crippen LogP contribution is -2.38. The number of nitrogens with zero attached hydrogens (tertiary/aromatic N) is 3. The van der Waals surface area contributed by atoms with Gasteiger partial charge in [0.15, 0.2) is 17.4 Å². The second kappa shape index (κ2) is 10.3. The van der Waals surface area contributed by atoms with Crippen LogP contribution in [0, 0.1) is 5.41 Å². The number of anilines is 1. The van der Waals surface area contributed by atoms with Crippen molar-refractivity contribution in [1.29, 1.82) is 0 Å². The van der Waals surface area contributed by atoms with Gasteiger partial charge < -0.3 is 24.8 Å². The van der Waals surface area contributed by atoms with Gasteiger partial charge in [-0.1, -0.05) is 20.8 Å². The Balaban J connectivity index is 2.06. The van der Waals surface area contributed by atoms with E-state index in [-0.39, 0.29) is 35.7 Å². The molecule has 1 fully saturated rings. The first-order chi connectivity index (χ1) is 16.1. The van der Waals surface area contributed by atoms with Crippen molar-refractivity contribution in [3.8, 4) is 0 Å². The summed E-state index contributed by atoms with van der Waals surface area (Å²) in [5, 5.41) is 0. The highest BCUT2D eigenvalue weighted by atomic mass is 31.2. The average molecular weight is 518 g/mol. The van der Waals surface area contributed by atoms with Crippen molar-refractivity contribution in [2.45, 2.75) is 78.1 Å². The van der Waals surface area contributed by atoms with Crippen molar-refractivity contribution in [2.75, 3.05) is 26.1 Å². The number of ether oxygens (including phenoxy) is 3. The Kier molecular flexibility index (Phi) is 8.12. The van der Waals surface area contributed by atoms with Crippen molar-refractivity contribution in [2.24, 2.45) is 5.41 Å². The molecule has 1 saturated heterocycles. The lowest BCUT2D eigenvalue weighted by atomic mass is 9.87. The molecule has 3 rings (SSSR count). The van der Waals surface area contributed by atoms with Crippen LogP contribution in [0.4, 0.5) is 5.95 Å². The highest BCUT2D eigenvalue weighted by Crippen LogP contribution is 2.52. The number of nitrogen functional groups attached to an aromatic ring is 1. The van der Waals surface area contributed by atoms with Gasteiger partial charge in [-0.25, -0.2) is 9.55 Å². The minimum absolute atomic E-state index is 0.0686. The average Bonchev–Trinajstić information content (AvgIpc) is 3.21. The van der Waals surface area contributed by atoms with E-state index in [0.717, 1.165) is 0 Å². The molecule has 3 heterocycles. The second-order valence-electron chi connectivity index (χ2n) is 10.7. The molecule has 0 radical (unpaired) electrons. The van der Waals surface area contributed by atoms with Crippen LogP contribution in [-0.2, 0) is 27.8 Å². The van der Waals surface area contributed by atoms with Crippen LogP contribution in [-0.4, -0.2) is 68.6 Å². The van der Waals surface area contributed by atoms with Crippen LogP contribution in [0.1, 0.15) is 54.2 Å². The third-order valence-corrected chi connectivity index (χ3v) is 6.35. The zero-order valence-electron chi connectivity index (χ0n) is 21.2. The van der Waals surface area contributed by atoms with E-state index >= 15 is 0 Å². The van der Waals surface area contributed by atoms with E-state index in [1.807, 2.05) is 20.8 Å². The summed E-state index contributed by atoms with van der Waals surface area (Å²) >= 11 is 0. The number of fused-ring (bicyclic) bond motifs is 1. The van der Waals surface area contributed by atoms with E-state index in [4.69, 9.17) is 29.0 Å². The van der Waals surface area contributed by atoms with Gasteiger partial charge in [-0.15, -0.1) is 0 Å². The normalized spacial score (nSPS) is 25.3. The van der Waals surface area contributed by atoms with Crippen LogP contribution >= 0.6 is 7.82 Å². The van der Waals surface area contributed by atoms with Crippen LogP contribution in [0.3, 0.4) is 0 Å². The standard InChI is InChI=1S/C21H36N5O8P/c1-20(2,3)10-12-14(33-35(28,29)34-21(4,5)6)15(31-9-8-30-7)18(32-12)26-11-23-13-16(26)24-19(22)25-17(13)27/h11-12,14-15,18H,8-10H2,1-7H3,(H,28,29)(H3,22,24,25,27)/t12-,14?,15+,18-/m1/s1. The lowest BCUT2D eigenvalue weighted by Gasteiger charge is -2.31. The summed E-state index contributed by atoms with van der Waals surface area (Å²) in [5.74, 6) is -0.0865. The molecule has 35 heavy (non-hydrogen) atoms. The van der Waals surface area contributed by atoms with Gasteiger partial charge in [0.05, 0.1) is 31.2 Å². The molecular formula is C21H36N5O8P. The van der Waals surface area contributed by atoms with Gasteiger partial charge in [-0.3, -0.25) is 23.4 Å². The van der Waals surface area contributed by atoms with Gasteiger partial charge in [0.1, 0.15) is 12.2 Å². The molecule has 0 saturated carbocycles. The third kappa shape index (κ3) is 7.10. The molecule has 4 N–H and O–H groups in total. The Morgan fingerprint density at radius 2 is 1.91 bits per heavy atom. The molecule has 1 aliphatic rings. The molecule has 13 nitrogen and oxygen atoms in total. The van der Waals surface area contributed by atoms with Gasteiger partial charge in [-0.2, -0.15) is 4.98 Å². The largest absolute Gasteiger partial charge is 0.473 e. The van der Waals surface area contributed by atoms with Crippen LogP contribution in [0.5, 0.6) is 0 Å². The fourth-order valence-electron chi connectivity index (χ4n) is 3.92. The molecule has 0 spiro atoms. The minimum atomic E-state index is -4.52. The smallest absolute Gasteiger partial charge is 0.382 e. The lowest BCUT2D eigenvalue weighted by molar-refractivity contribution is -0.0785. The number of phosphoric acid groups is 1. The number of imidazole rings is 1. The van der Waals surface area contributed by atoms with E-state index < -0.39 is 43.5 Å². The molecule has 0 amide bonds. The molecule has 0 aliphatic carbocycles. The number of nitrogens with one attached hydrogen (secondary N) is 1. The van der Waals surface area contributed by atoms with Crippen molar-refractivity contribution in [1.82, 2.24) is 19.5 Å². The number of hydrogen-bond donors (Lipinski definition) is 3. The summed E-state index contributed by atoms with van der Waals surface area (Å²) in [4.78, 5) is 33.6. The number of hydrogen-bond acceptors (Lipinski definition) is 10. The zero-order valence-corrected chi connectivity index (χ0v) is 22.1. The number of H-pyrrole nitrogens is 1. The number of methoxy groups -OCH3 is 1. The van der Waals surface area contributed by atoms with Crippen LogP contribution in [0.25, 0.3) is 11.2 Å². The maximum absolute atomic E-state index is 12.9. The highest BCUT2D eigenvalue weighted by molar-refractivity contribution is 7.47. The molecule has 2 unspecified atom stereocenters. The van der Waals surface area contributed by atoms with Crippen molar-refractivity contribution >= 4 is 24.9 Å². The van der Waals surface area contributed by atoms with Gasteiger partial charge >= 0.3 is 7.82 Å². The second-order valence-corrected chi connectivity index (χ2v) is 12.0. The predicted molar refractivity (Wildman–Crippen MR) is 128 cm³/mol. The van der Waals surface area contributed by atoms with Crippen LogP contribution < -0.4 is 11.3 Å². The third-order valence-electron chi connectivity index (χ3n) is 5.07. The summed E-state index contributed by atoms with van der Waals surface area (Å²) in [6.45, 7) is 11.4. The SMILES string of the molecule is COCCO[C@H]1C(OP(=O)(O)OC(C)(C)C)[C@@H](CC(C)(C)C)O[C@H]1n1cnc2c(=O)[nH]c(N)nc21. The first-order valence-corrected chi connectivity index (χ1v) is 12.8. The topological polar surface area (TPSA) is 173 Å². The first-order valence-electron chi connectivity index (χ1n) is 11.3. The van der Waals surface area contributed by atoms with E-state index in [2.05, 4.69) is 15.0 Å². The maximum atomic E-state index is 12.9. The molecule has 2 aromatic heterocycles. The van der Waals surface area contributed by atoms with E-state index in [1.54, 1.807) is 20.8 Å². The molecule has 0 aromatic carbocycles. The number of aromatic amines is 1. The van der Waals surface area contributed by atoms with E-state index in [9.17, 15) is 14.3 Å². The number of rotatable bonds is 9. The van der Waals surface area contributed by atoms with E-state index in [0.29, 0.717) is 6.42 Å². The Bertz CT molecular complexity index is 1120. The molecule has 198 valence electrons. The molecule has 0 bridgehead atoms. The zero-order chi connectivity index (χ0) is 26.2. The maximum Gasteiger partial charge on any atom is 0.473 e. The fourth-order valence-corrected chi connectivity index (χ4v) is 5.22. The monoisotopic (exact) mass is 517 g/mol. The Hall–Kier alpha value is -1.86. The van der Waals surface area contributed by atoms with Crippen molar-refractivity contribution < 1.29 is 32.7 Å². The Morgan fingerprint density at radius 3 is 2.51 bits per heavy atom. The predicted octanol–water partition coefficient (Wildman–Crippen LogP) is 2.37. The van der Waals surface area contributed by atoms with Gasteiger partial charge in [-0.05, 0) is 32.6 Å². The molecule has 5 atom stereocenters. The van der Waals surface area contributed by atoms with Gasteiger partial charge in [0, 0.05) is 7.11 Å². The summed E-state index contributed by atoms with van der Waals surface area (Å²) in [7, 11) is -2.98. The van der Waals surface area contributed by atoms with Crippen molar-refractivity contribution in [3.63, 3.8) is 0 Å². The van der Waals surface area contributed by atoms with Gasteiger partial charge in [0.25, 0.3) is 5.56 Å². The van der Waals surface area contributed by atoms with Crippen LogP contribution in [0.15, 0.2) is 11.1 Å². The molecule has 1 aliphatic heterocycles. The number of aromatic nitrogens is 4. The molecular weight excluding hydrogens is 481 g/mol. The summed E-state index contributed by atoms with van der Waals surface area (Å²) < 4.78 is 43.0. The Morgan fingerprint density at radius 1 is 1.23 bits per heavy atom. The van der Waals surface area contributed by atoms with Gasteiger partial charge in [0.2, 0.25) is 5.95 Å². The van der Waals surface area contributed by atoms with E-state index in [1.165, 1.54) is 18.0 Å². The number of nitrogens with two attached hydrogens (primary N) is 1. The summed E-state index contributed by atoms with van der Waals surface area (Å²) in [5.41, 5.74) is 4.35.